The van der Waals surface area contributed by atoms with Crippen molar-refractivity contribution < 1.29 is 19.2 Å². The Bertz CT molecular complexity index is 1070. The lowest BCUT2D eigenvalue weighted by atomic mass is 10.1. The van der Waals surface area contributed by atoms with E-state index in [1.165, 1.54) is 11.9 Å². The SMILES string of the molecule is CC(=O)c1ccc(NC(=O)CN2N=N[C@@H]3C(=O)N(c4ccc(Cl)cc4)C(=O)[C@@H]32)cc1. The molecule has 1 fully saturated rings. The van der Waals surface area contributed by atoms with E-state index in [-0.39, 0.29) is 12.3 Å². The molecule has 0 radical (unpaired) electrons. The summed E-state index contributed by atoms with van der Waals surface area (Å²) in [5, 5.41) is 12.1. The van der Waals surface area contributed by atoms with Crippen molar-refractivity contribution in [3.05, 3.63) is 59.1 Å². The van der Waals surface area contributed by atoms with Crippen molar-refractivity contribution in [1.29, 1.82) is 0 Å². The maximum Gasteiger partial charge on any atom is 0.263 e. The van der Waals surface area contributed by atoms with Gasteiger partial charge in [0.1, 0.15) is 6.54 Å². The van der Waals surface area contributed by atoms with Gasteiger partial charge in [0.2, 0.25) is 5.91 Å². The van der Waals surface area contributed by atoms with Gasteiger partial charge in [-0.25, -0.2) is 4.90 Å². The Kier molecular flexibility index (Phi) is 5.04. The molecule has 10 heteroatoms. The quantitative estimate of drug-likeness (QED) is 0.584. The summed E-state index contributed by atoms with van der Waals surface area (Å²) in [6, 6.07) is 10.8. The Morgan fingerprint density at radius 2 is 1.70 bits per heavy atom. The zero-order valence-electron chi connectivity index (χ0n) is 15.8. The number of carbonyl (C=O) groups excluding carboxylic acids is 4. The summed E-state index contributed by atoms with van der Waals surface area (Å²) in [6.45, 7) is 1.20. The Morgan fingerprint density at radius 3 is 2.33 bits per heavy atom. The van der Waals surface area contributed by atoms with Crippen LogP contribution >= 0.6 is 11.6 Å². The van der Waals surface area contributed by atoms with Gasteiger partial charge in [0.05, 0.1) is 5.69 Å². The number of benzene rings is 2. The number of amides is 3. The van der Waals surface area contributed by atoms with Gasteiger partial charge in [0.15, 0.2) is 17.9 Å². The number of Topliss-reactive ketones (excluding diaryl/α,β-unsaturated/α-hetero) is 1. The van der Waals surface area contributed by atoms with Crippen LogP contribution in [0, 0.1) is 0 Å². The van der Waals surface area contributed by atoms with Crippen LogP contribution in [-0.4, -0.2) is 47.1 Å². The molecule has 3 amide bonds. The molecule has 2 atom stereocenters. The first-order valence-electron chi connectivity index (χ1n) is 9.07. The molecule has 9 nitrogen and oxygen atoms in total. The summed E-state index contributed by atoms with van der Waals surface area (Å²) < 4.78 is 0. The summed E-state index contributed by atoms with van der Waals surface area (Å²) in [5.74, 6) is -1.52. The number of nitrogens with zero attached hydrogens (tertiary/aromatic N) is 4. The normalized spacial score (nSPS) is 19.9. The molecule has 2 aromatic carbocycles. The number of carbonyl (C=O) groups is 4. The highest BCUT2D eigenvalue weighted by Gasteiger charge is 2.55. The van der Waals surface area contributed by atoms with Crippen LogP contribution in [0.15, 0.2) is 58.9 Å². The maximum absolute atomic E-state index is 12.9. The first-order valence-corrected chi connectivity index (χ1v) is 9.44. The third-order valence-electron chi connectivity index (χ3n) is 4.82. The van der Waals surface area contributed by atoms with Crippen LogP contribution in [0.3, 0.4) is 0 Å². The molecule has 0 unspecified atom stereocenters. The molecule has 0 bridgehead atoms. The van der Waals surface area contributed by atoms with E-state index >= 15 is 0 Å². The van der Waals surface area contributed by atoms with E-state index in [2.05, 4.69) is 15.7 Å². The van der Waals surface area contributed by atoms with E-state index < -0.39 is 29.8 Å². The Hall–Kier alpha value is -3.59. The van der Waals surface area contributed by atoms with Crippen LogP contribution < -0.4 is 10.2 Å². The fourth-order valence-corrected chi connectivity index (χ4v) is 3.46. The highest BCUT2D eigenvalue weighted by molar-refractivity contribution is 6.31. The lowest BCUT2D eigenvalue weighted by Crippen LogP contribution is -2.43. The summed E-state index contributed by atoms with van der Waals surface area (Å²) in [6.07, 6.45) is 0. The number of anilines is 2. The number of rotatable bonds is 5. The van der Waals surface area contributed by atoms with Gasteiger partial charge in [-0.15, -0.1) is 0 Å². The molecule has 30 heavy (non-hydrogen) atoms. The lowest BCUT2D eigenvalue weighted by Gasteiger charge is -2.20. The second kappa shape index (κ2) is 7.68. The lowest BCUT2D eigenvalue weighted by molar-refractivity contribution is -0.123. The van der Waals surface area contributed by atoms with Crippen LogP contribution in [0.1, 0.15) is 17.3 Å². The second-order valence-electron chi connectivity index (χ2n) is 6.86. The fraction of sp³-hybridized carbons (Fsp3) is 0.200. The zero-order valence-corrected chi connectivity index (χ0v) is 16.5. The van der Waals surface area contributed by atoms with E-state index in [0.717, 1.165) is 4.90 Å². The number of hydrogen-bond acceptors (Lipinski definition) is 7. The molecule has 2 heterocycles. The number of fused-ring (bicyclic) bond motifs is 1. The van der Waals surface area contributed by atoms with Crippen molar-refractivity contribution in [2.75, 3.05) is 16.8 Å². The van der Waals surface area contributed by atoms with Crippen molar-refractivity contribution in [2.45, 2.75) is 19.0 Å². The van der Waals surface area contributed by atoms with Crippen molar-refractivity contribution in [3.8, 4) is 0 Å². The molecule has 152 valence electrons. The van der Waals surface area contributed by atoms with Gasteiger partial charge < -0.3 is 5.32 Å². The van der Waals surface area contributed by atoms with Gasteiger partial charge in [-0.1, -0.05) is 16.8 Å². The van der Waals surface area contributed by atoms with Gasteiger partial charge in [-0.3, -0.25) is 24.2 Å². The van der Waals surface area contributed by atoms with Crippen LogP contribution in [0.4, 0.5) is 11.4 Å². The molecule has 1 N–H and O–H groups in total. The van der Waals surface area contributed by atoms with Crippen molar-refractivity contribution in [1.82, 2.24) is 5.01 Å². The molecule has 0 aromatic heterocycles. The molecular weight excluding hydrogens is 410 g/mol. The van der Waals surface area contributed by atoms with Gasteiger partial charge in [-0.05, 0) is 55.5 Å². The van der Waals surface area contributed by atoms with E-state index in [9.17, 15) is 19.2 Å². The number of imide groups is 1. The minimum Gasteiger partial charge on any atom is -0.324 e. The summed E-state index contributed by atoms with van der Waals surface area (Å²) in [7, 11) is 0. The molecule has 2 aliphatic heterocycles. The summed E-state index contributed by atoms with van der Waals surface area (Å²) in [5.41, 5.74) is 1.41. The minimum absolute atomic E-state index is 0.0777. The molecule has 2 aliphatic rings. The molecule has 0 spiro atoms. The van der Waals surface area contributed by atoms with E-state index in [1.54, 1.807) is 48.5 Å². The largest absolute Gasteiger partial charge is 0.324 e. The summed E-state index contributed by atoms with van der Waals surface area (Å²) in [4.78, 5) is 50.3. The molecule has 0 aliphatic carbocycles. The second-order valence-corrected chi connectivity index (χ2v) is 7.30. The van der Waals surface area contributed by atoms with Gasteiger partial charge in [0.25, 0.3) is 11.8 Å². The topological polar surface area (TPSA) is 112 Å². The highest BCUT2D eigenvalue weighted by atomic mass is 35.5. The third-order valence-corrected chi connectivity index (χ3v) is 5.08. The standard InChI is InChI=1S/C20H16ClN5O4/c1-11(27)12-2-6-14(7-3-12)22-16(28)10-25-18-17(23-24-25)19(29)26(20(18)30)15-8-4-13(21)5-9-15/h2-9,17-18H,10H2,1H3,(H,22,28)/t17-,18+/m0/s1. The number of ketones is 1. The van der Waals surface area contributed by atoms with Gasteiger partial charge in [0, 0.05) is 16.3 Å². The average Bonchev–Trinajstić information content (AvgIpc) is 3.23. The van der Waals surface area contributed by atoms with Crippen molar-refractivity contribution >= 4 is 46.5 Å². The molecule has 2 aromatic rings. The van der Waals surface area contributed by atoms with Crippen molar-refractivity contribution in [2.24, 2.45) is 10.3 Å². The van der Waals surface area contributed by atoms with Crippen LogP contribution in [0.2, 0.25) is 5.02 Å². The Balaban J connectivity index is 1.45. The molecule has 4 rings (SSSR count). The Morgan fingerprint density at radius 1 is 1.03 bits per heavy atom. The van der Waals surface area contributed by atoms with Gasteiger partial charge in [-0.2, -0.15) is 5.11 Å². The van der Waals surface area contributed by atoms with Crippen molar-refractivity contribution in [3.63, 3.8) is 0 Å². The highest BCUT2D eigenvalue weighted by Crippen LogP contribution is 2.32. The minimum atomic E-state index is -0.990. The smallest absolute Gasteiger partial charge is 0.263 e. The molecular formula is C20H16ClN5O4. The number of nitrogens with one attached hydrogen (secondary N) is 1. The average molecular weight is 426 g/mol. The van der Waals surface area contributed by atoms with E-state index in [0.29, 0.717) is 22.0 Å². The zero-order chi connectivity index (χ0) is 21.4. The predicted molar refractivity (Wildman–Crippen MR) is 108 cm³/mol. The first-order chi connectivity index (χ1) is 14.3. The molecule has 0 saturated carbocycles. The Labute approximate surface area is 176 Å². The van der Waals surface area contributed by atoms with Crippen LogP contribution in [0.5, 0.6) is 0 Å². The van der Waals surface area contributed by atoms with E-state index in [1.807, 2.05) is 0 Å². The van der Waals surface area contributed by atoms with E-state index in [4.69, 9.17) is 11.6 Å². The maximum atomic E-state index is 12.9. The summed E-state index contributed by atoms with van der Waals surface area (Å²) >= 11 is 5.87. The predicted octanol–water partition coefficient (Wildman–Crippen LogP) is 2.47. The van der Waals surface area contributed by atoms with Crippen LogP contribution in [0.25, 0.3) is 0 Å². The van der Waals surface area contributed by atoms with Gasteiger partial charge >= 0.3 is 0 Å². The third kappa shape index (κ3) is 3.55. The fourth-order valence-electron chi connectivity index (χ4n) is 3.33. The molecule has 1 saturated heterocycles. The van der Waals surface area contributed by atoms with Crippen LogP contribution in [-0.2, 0) is 14.4 Å². The number of hydrogen-bond donors (Lipinski definition) is 1. The monoisotopic (exact) mass is 425 g/mol. The number of halogens is 1. The first kappa shape index (κ1) is 19.7.